The molecule has 0 aromatic rings. The van der Waals surface area contributed by atoms with Gasteiger partial charge in [0.05, 0.1) is 11.2 Å². The molecule has 1 heterocycles. The van der Waals surface area contributed by atoms with Crippen LogP contribution in [-0.2, 0) is 4.74 Å². The maximum absolute atomic E-state index is 6.54. The van der Waals surface area contributed by atoms with Gasteiger partial charge in [-0.05, 0) is 63.4 Å². The van der Waals surface area contributed by atoms with Crippen LogP contribution in [0, 0.1) is 23.7 Å². The van der Waals surface area contributed by atoms with Crippen molar-refractivity contribution in [3.05, 3.63) is 11.6 Å². The van der Waals surface area contributed by atoms with Gasteiger partial charge < -0.3 is 4.74 Å². The van der Waals surface area contributed by atoms with E-state index in [0.29, 0.717) is 0 Å². The lowest BCUT2D eigenvalue weighted by molar-refractivity contribution is -0.174. The first-order valence-corrected chi connectivity index (χ1v) is 6.45. The molecule has 5 atom stereocenters. The van der Waals surface area contributed by atoms with Gasteiger partial charge in [0.25, 0.3) is 0 Å². The summed E-state index contributed by atoms with van der Waals surface area (Å²) >= 11 is 0. The van der Waals surface area contributed by atoms with Crippen molar-refractivity contribution >= 4 is 0 Å². The molecule has 0 N–H and O–H groups in total. The van der Waals surface area contributed by atoms with Gasteiger partial charge in [0, 0.05) is 5.92 Å². The highest BCUT2D eigenvalue weighted by Gasteiger charge is 2.76. The molecule has 3 aliphatic carbocycles. The van der Waals surface area contributed by atoms with E-state index in [9.17, 15) is 0 Å². The zero-order valence-electron chi connectivity index (χ0n) is 9.92. The second-order valence-corrected chi connectivity index (χ2v) is 6.60. The van der Waals surface area contributed by atoms with Crippen molar-refractivity contribution in [2.45, 2.75) is 51.2 Å². The van der Waals surface area contributed by atoms with Crippen molar-refractivity contribution in [1.29, 1.82) is 0 Å². The van der Waals surface area contributed by atoms with Gasteiger partial charge in [0.2, 0.25) is 0 Å². The standard InChI is InChI=1S/C14H20O/c1-8-4-6-10-9-5-7-11-12(9)14(8,10)15-13(11,2)3/h4,9-12H,5-7H2,1-3H3/t9-,10-,11-,12+,14+/m0/s1. The third-order valence-corrected chi connectivity index (χ3v) is 5.89. The van der Waals surface area contributed by atoms with E-state index in [2.05, 4.69) is 26.8 Å². The highest BCUT2D eigenvalue weighted by molar-refractivity contribution is 5.38. The van der Waals surface area contributed by atoms with Crippen LogP contribution in [0.3, 0.4) is 0 Å². The van der Waals surface area contributed by atoms with E-state index < -0.39 is 0 Å². The third kappa shape index (κ3) is 0.702. The molecule has 0 aromatic heterocycles. The monoisotopic (exact) mass is 204 g/mol. The molecule has 1 aliphatic heterocycles. The molecule has 0 radical (unpaired) electrons. The molecule has 0 unspecified atom stereocenters. The van der Waals surface area contributed by atoms with E-state index in [1.165, 1.54) is 19.3 Å². The Bertz CT molecular complexity index is 368. The van der Waals surface area contributed by atoms with Gasteiger partial charge in [-0.3, -0.25) is 0 Å². The Morgan fingerprint density at radius 2 is 2.07 bits per heavy atom. The van der Waals surface area contributed by atoms with Crippen molar-refractivity contribution in [1.82, 2.24) is 0 Å². The fraction of sp³-hybridized carbons (Fsp3) is 0.857. The molecule has 15 heavy (non-hydrogen) atoms. The lowest BCUT2D eigenvalue weighted by Gasteiger charge is -2.54. The van der Waals surface area contributed by atoms with Crippen molar-refractivity contribution < 1.29 is 4.74 Å². The summed E-state index contributed by atoms with van der Waals surface area (Å²) in [5.74, 6) is 3.54. The molecular formula is C14H20O. The summed E-state index contributed by atoms with van der Waals surface area (Å²) in [6, 6.07) is 0. The average Bonchev–Trinajstić information content (AvgIpc) is 2.69. The van der Waals surface area contributed by atoms with E-state index in [-0.39, 0.29) is 11.2 Å². The van der Waals surface area contributed by atoms with Gasteiger partial charge >= 0.3 is 0 Å². The first-order valence-electron chi connectivity index (χ1n) is 6.45. The van der Waals surface area contributed by atoms with Crippen LogP contribution in [0.1, 0.15) is 40.0 Å². The average molecular weight is 204 g/mol. The van der Waals surface area contributed by atoms with Crippen LogP contribution in [0.5, 0.6) is 0 Å². The number of rotatable bonds is 0. The summed E-state index contributed by atoms with van der Waals surface area (Å²) in [4.78, 5) is 0. The van der Waals surface area contributed by atoms with Gasteiger partial charge in [0.15, 0.2) is 0 Å². The zero-order valence-corrected chi connectivity index (χ0v) is 9.92. The maximum atomic E-state index is 6.54. The maximum Gasteiger partial charge on any atom is 0.0964 e. The highest BCUT2D eigenvalue weighted by atomic mass is 16.5. The third-order valence-electron chi connectivity index (χ3n) is 5.89. The summed E-state index contributed by atoms with van der Waals surface area (Å²) in [5, 5.41) is 0. The lowest BCUT2D eigenvalue weighted by Crippen LogP contribution is -2.58. The molecule has 0 bridgehead atoms. The number of hydrogen-bond donors (Lipinski definition) is 0. The van der Waals surface area contributed by atoms with Gasteiger partial charge in [-0.1, -0.05) is 6.08 Å². The van der Waals surface area contributed by atoms with Crippen molar-refractivity contribution in [3.8, 4) is 0 Å². The van der Waals surface area contributed by atoms with Crippen LogP contribution < -0.4 is 0 Å². The van der Waals surface area contributed by atoms with Crippen LogP contribution in [0.25, 0.3) is 0 Å². The molecule has 0 amide bonds. The minimum atomic E-state index is 0.133. The number of hydrogen-bond acceptors (Lipinski definition) is 1. The van der Waals surface area contributed by atoms with E-state index in [4.69, 9.17) is 4.74 Å². The Morgan fingerprint density at radius 1 is 1.27 bits per heavy atom. The predicted molar refractivity (Wildman–Crippen MR) is 59.5 cm³/mol. The summed E-state index contributed by atoms with van der Waals surface area (Å²) in [6.45, 7) is 6.93. The van der Waals surface area contributed by atoms with Gasteiger partial charge in [0.1, 0.15) is 0 Å². The van der Waals surface area contributed by atoms with Gasteiger partial charge in [-0.2, -0.15) is 0 Å². The van der Waals surface area contributed by atoms with Crippen LogP contribution in [-0.4, -0.2) is 11.2 Å². The number of allylic oxidation sites excluding steroid dienone is 1. The summed E-state index contributed by atoms with van der Waals surface area (Å²) in [7, 11) is 0. The Balaban J connectivity index is 1.87. The molecule has 1 spiro atoms. The minimum Gasteiger partial charge on any atom is -0.364 e. The molecule has 4 aliphatic rings. The molecule has 0 aromatic carbocycles. The van der Waals surface area contributed by atoms with Gasteiger partial charge in [-0.15, -0.1) is 0 Å². The second kappa shape index (κ2) is 2.20. The zero-order chi connectivity index (χ0) is 10.4. The van der Waals surface area contributed by atoms with E-state index in [0.717, 1.165) is 23.7 Å². The van der Waals surface area contributed by atoms with Crippen LogP contribution >= 0.6 is 0 Å². The first kappa shape index (κ1) is 8.81. The SMILES string of the molecule is CC1=CC[C@H]2[C@@H]3CC[C@H]4[C@@H]3[C@@]12OC4(C)C. The van der Waals surface area contributed by atoms with Gasteiger partial charge in [-0.25, -0.2) is 0 Å². The molecule has 4 rings (SSSR count). The predicted octanol–water partition coefficient (Wildman–Crippen LogP) is 3.16. The Hall–Kier alpha value is -0.300. The number of ether oxygens (including phenoxy) is 1. The Kier molecular flexibility index (Phi) is 1.29. The fourth-order valence-electron chi connectivity index (χ4n) is 5.43. The van der Waals surface area contributed by atoms with E-state index in [1.807, 2.05) is 0 Å². The molecule has 2 saturated carbocycles. The van der Waals surface area contributed by atoms with Crippen LogP contribution in [0.2, 0.25) is 0 Å². The second-order valence-electron chi connectivity index (χ2n) is 6.60. The first-order chi connectivity index (χ1) is 7.07. The molecule has 82 valence electrons. The largest absolute Gasteiger partial charge is 0.364 e. The highest BCUT2D eigenvalue weighted by Crippen LogP contribution is 2.74. The smallest absolute Gasteiger partial charge is 0.0964 e. The fourth-order valence-corrected chi connectivity index (χ4v) is 5.43. The molecule has 1 saturated heterocycles. The lowest BCUT2D eigenvalue weighted by atomic mass is 9.53. The van der Waals surface area contributed by atoms with Crippen molar-refractivity contribution in [2.75, 3.05) is 0 Å². The van der Waals surface area contributed by atoms with Crippen LogP contribution in [0.15, 0.2) is 11.6 Å². The molecule has 1 heteroatoms. The summed E-state index contributed by atoms with van der Waals surface area (Å²) in [6.07, 6.45) is 6.61. The quantitative estimate of drug-likeness (QED) is 0.551. The Morgan fingerprint density at radius 3 is 2.87 bits per heavy atom. The van der Waals surface area contributed by atoms with Crippen molar-refractivity contribution in [2.24, 2.45) is 23.7 Å². The normalized spacial score (nSPS) is 58.5. The number of fused-ring (bicyclic) bond motifs is 1. The van der Waals surface area contributed by atoms with E-state index in [1.54, 1.807) is 5.57 Å². The minimum absolute atomic E-state index is 0.133. The molecule has 3 fully saturated rings. The van der Waals surface area contributed by atoms with Crippen molar-refractivity contribution in [3.63, 3.8) is 0 Å². The Labute approximate surface area is 91.9 Å². The van der Waals surface area contributed by atoms with Crippen LogP contribution in [0.4, 0.5) is 0 Å². The van der Waals surface area contributed by atoms with E-state index >= 15 is 0 Å². The molecule has 1 nitrogen and oxygen atoms in total. The summed E-state index contributed by atoms with van der Waals surface area (Å²) < 4.78 is 6.54. The molecular weight excluding hydrogens is 184 g/mol. The summed E-state index contributed by atoms with van der Waals surface area (Å²) in [5.41, 5.74) is 1.88. The topological polar surface area (TPSA) is 9.23 Å².